The third kappa shape index (κ3) is 4.75. The van der Waals surface area contributed by atoms with Crippen LogP contribution in [-0.4, -0.2) is 31.7 Å². The molecule has 0 saturated heterocycles. The van der Waals surface area contributed by atoms with Crippen molar-refractivity contribution in [2.45, 2.75) is 25.9 Å². The molecule has 1 aliphatic rings. The fraction of sp³-hybridized carbons (Fsp3) is 0.241. The molecule has 0 aliphatic carbocycles. The largest absolute Gasteiger partial charge is 0.493 e. The molecule has 0 fully saturated rings. The zero-order valence-corrected chi connectivity index (χ0v) is 22.1. The number of nitrogens with one attached hydrogen (secondary N) is 1. The first-order chi connectivity index (χ1) is 17.5. The molecule has 1 unspecified atom stereocenters. The predicted octanol–water partition coefficient (Wildman–Crippen LogP) is 6.07. The van der Waals surface area contributed by atoms with Gasteiger partial charge in [-0.3, -0.25) is 4.79 Å². The molecule has 1 N–H and O–H groups in total. The molecule has 4 aromatic rings. The molecule has 6 nitrogen and oxygen atoms in total. The van der Waals surface area contributed by atoms with Gasteiger partial charge in [0.2, 0.25) is 0 Å². The number of aromatic nitrogens is 1. The van der Waals surface area contributed by atoms with Gasteiger partial charge in [0, 0.05) is 22.9 Å². The minimum absolute atomic E-state index is 0.117. The average Bonchev–Trinajstić information content (AvgIpc) is 2.91. The monoisotopic (exact) mass is 545 g/mol. The Morgan fingerprint density at radius 2 is 1.69 bits per heavy atom. The van der Waals surface area contributed by atoms with Crippen LogP contribution in [0.5, 0.6) is 11.5 Å². The van der Waals surface area contributed by atoms with Crippen molar-refractivity contribution in [3.8, 4) is 11.5 Å². The van der Waals surface area contributed by atoms with Crippen LogP contribution in [0.4, 0.5) is 5.82 Å². The van der Waals surface area contributed by atoms with Crippen LogP contribution >= 0.6 is 15.9 Å². The van der Waals surface area contributed by atoms with Gasteiger partial charge >= 0.3 is 0 Å². The van der Waals surface area contributed by atoms with Crippen LogP contribution in [0.1, 0.15) is 40.0 Å². The van der Waals surface area contributed by atoms with E-state index in [1.165, 1.54) is 11.1 Å². The van der Waals surface area contributed by atoms with Crippen LogP contribution in [0, 0.1) is 0 Å². The van der Waals surface area contributed by atoms with E-state index < -0.39 is 0 Å². The highest BCUT2D eigenvalue weighted by molar-refractivity contribution is 9.10. The van der Waals surface area contributed by atoms with Crippen LogP contribution in [0.15, 0.2) is 71.2 Å². The van der Waals surface area contributed by atoms with E-state index in [-0.39, 0.29) is 11.9 Å². The normalized spacial score (nSPS) is 13.7. The Hall–Kier alpha value is -3.58. The lowest BCUT2D eigenvalue weighted by Crippen LogP contribution is -2.32. The Bertz CT molecular complexity index is 1420. The molecule has 36 heavy (non-hydrogen) atoms. The van der Waals surface area contributed by atoms with E-state index in [0.717, 1.165) is 45.5 Å². The molecule has 184 valence electrons. The van der Waals surface area contributed by atoms with Crippen molar-refractivity contribution in [1.29, 1.82) is 0 Å². The molecule has 0 saturated carbocycles. The maximum atomic E-state index is 13.5. The predicted molar refractivity (Wildman–Crippen MR) is 146 cm³/mol. The highest BCUT2D eigenvalue weighted by Crippen LogP contribution is 2.35. The van der Waals surface area contributed by atoms with Crippen molar-refractivity contribution in [2.75, 3.05) is 25.7 Å². The number of ether oxygens (including phenoxy) is 2. The van der Waals surface area contributed by atoms with Crippen LogP contribution < -0.4 is 19.7 Å². The third-order valence-corrected chi connectivity index (χ3v) is 7.24. The summed E-state index contributed by atoms with van der Waals surface area (Å²) in [5.41, 5.74) is 4.88. The first-order valence-electron chi connectivity index (χ1n) is 11.9. The molecule has 1 atom stereocenters. The second kappa shape index (κ2) is 10.2. The van der Waals surface area contributed by atoms with E-state index in [0.29, 0.717) is 17.9 Å². The number of carbonyl (C=O) groups is 1. The number of benzene rings is 3. The number of halogens is 1. The summed E-state index contributed by atoms with van der Waals surface area (Å²) in [5.74, 6) is 2.13. The Morgan fingerprint density at radius 3 is 2.42 bits per heavy atom. The van der Waals surface area contributed by atoms with Crippen molar-refractivity contribution in [3.63, 3.8) is 0 Å². The minimum Gasteiger partial charge on any atom is -0.493 e. The number of para-hydroxylation sites is 1. The van der Waals surface area contributed by atoms with E-state index in [1.54, 1.807) is 14.2 Å². The zero-order chi connectivity index (χ0) is 25.2. The highest BCUT2D eigenvalue weighted by Gasteiger charge is 2.23. The summed E-state index contributed by atoms with van der Waals surface area (Å²) in [5, 5.41) is 4.01. The summed E-state index contributed by atoms with van der Waals surface area (Å²) in [6.45, 7) is 3.47. The smallest absolute Gasteiger partial charge is 0.252 e. The average molecular weight is 546 g/mol. The van der Waals surface area contributed by atoms with E-state index in [4.69, 9.17) is 14.5 Å². The van der Waals surface area contributed by atoms with Gasteiger partial charge in [-0.05, 0) is 66.4 Å². The zero-order valence-electron chi connectivity index (χ0n) is 20.5. The number of pyridine rings is 1. The topological polar surface area (TPSA) is 63.7 Å². The second-order valence-corrected chi connectivity index (χ2v) is 9.85. The summed E-state index contributed by atoms with van der Waals surface area (Å²) in [4.78, 5) is 20.6. The van der Waals surface area contributed by atoms with E-state index >= 15 is 0 Å². The van der Waals surface area contributed by atoms with Crippen molar-refractivity contribution in [2.24, 2.45) is 0 Å². The van der Waals surface area contributed by atoms with Crippen molar-refractivity contribution < 1.29 is 14.3 Å². The number of rotatable bonds is 6. The number of hydrogen-bond donors (Lipinski definition) is 1. The third-order valence-electron chi connectivity index (χ3n) is 6.71. The number of fused-ring (bicyclic) bond motifs is 2. The maximum Gasteiger partial charge on any atom is 0.252 e. The lowest BCUT2D eigenvalue weighted by Gasteiger charge is -2.31. The van der Waals surface area contributed by atoms with Gasteiger partial charge in [0.15, 0.2) is 11.5 Å². The van der Waals surface area contributed by atoms with Crippen LogP contribution in [0.3, 0.4) is 0 Å². The van der Waals surface area contributed by atoms with E-state index in [1.807, 2.05) is 67.6 Å². The Morgan fingerprint density at radius 1 is 1.00 bits per heavy atom. The van der Waals surface area contributed by atoms with Gasteiger partial charge in [-0.15, -0.1) is 0 Å². The number of hydrogen-bond acceptors (Lipinski definition) is 5. The summed E-state index contributed by atoms with van der Waals surface area (Å²) < 4.78 is 12.0. The van der Waals surface area contributed by atoms with Gasteiger partial charge in [-0.2, -0.15) is 0 Å². The lowest BCUT2D eigenvalue weighted by atomic mass is 9.98. The SMILES string of the molecule is COc1cc2c(cc1OC)CN(c1cc(C(=O)NC(C)c3ccc(Br)cc3)c3ccccc3n1)CC2. The van der Waals surface area contributed by atoms with Crippen molar-refractivity contribution >= 4 is 38.6 Å². The Kier molecular flexibility index (Phi) is 6.83. The summed E-state index contributed by atoms with van der Waals surface area (Å²) in [6, 6.07) is 21.7. The summed E-state index contributed by atoms with van der Waals surface area (Å²) in [6.07, 6.45) is 0.853. The van der Waals surface area contributed by atoms with Crippen LogP contribution in [0.2, 0.25) is 0 Å². The number of methoxy groups -OCH3 is 2. The second-order valence-electron chi connectivity index (χ2n) is 8.94. The highest BCUT2D eigenvalue weighted by atomic mass is 79.9. The number of nitrogens with zero attached hydrogens (tertiary/aromatic N) is 2. The first kappa shape index (κ1) is 24.1. The van der Waals surface area contributed by atoms with Gasteiger partial charge in [0.1, 0.15) is 5.82 Å². The molecule has 0 radical (unpaired) electrons. The molecule has 1 amide bonds. The molecule has 3 aromatic carbocycles. The van der Waals surface area contributed by atoms with E-state index in [9.17, 15) is 4.79 Å². The standard InChI is InChI=1S/C29H28BrN3O3/c1-18(19-8-10-22(30)11-9-19)31-29(34)24-16-28(32-25-7-5-4-6-23(24)25)33-13-12-20-14-26(35-2)27(36-3)15-21(20)17-33/h4-11,14-16,18H,12-13,17H2,1-3H3,(H,31,34). The molecule has 2 heterocycles. The fourth-order valence-electron chi connectivity index (χ4n) is 4.70. The molecular formula is C29H28BrN3O3. The molecule has 5 rings (SSSR count). The Balaban J connectivity index is 1.46. The lowest BCUT2D eigenvalue weighted by molar-refractivity contribution is 0.0941. The van der Waals surface area contributed by atoms with Gasteiger partial charge in [0.25, 0.3) is 5.91 Å². The summed E-state index contributed by atoms with van der Waals surface area (Å²) >= 11 is 3.47. The van der Waals surface area contributed by atoms with Gasteiger partial charge in [-0.25, -0.2) is 4.98 Å². The molecular weight excluding hydrogens is 518 g/mol. The van der Waals surface area contributed by atoms with Crippen LogP contribution in [0.25, 0.3) is 10.9 Å². The van der Waals surface area contributed by atoms with Crippen molar-refractivity contribution in [1.82, 2.24) is 10.3 Å². The summed E-state index contributed by atoms with van der Waals surface area (Å²) in [7, 11) is 3.30. The van der Waals surface area contributed by atoms with Crippen molar-refractivity contribution in [3.05, 3.63) is 93.5 Å². The molecule has 1 aromatic heterocycles. The molecule has 0 bridgehead atoms. The molecule has 0 spiro atoms. The maximum absolute atomic E-state index is 13.5. The molecule has 7 heteroatoms. The van der Waals surface area contributed by atoms with Gasteiger partial charge in [-0.1, -0.05) is 46.3 Å². The number of amides is 1. The minimum atomic E-state index is -0.134. The van der Waals surface area contributed by atoms with Gasteiger partial charge in [0.05, 0.1) is 31.3 Å². The van der Waals surface area contributed by atoms with Gasteiger partial charge < -0.3 is 19.7 Å². The van der Waals surface area contributed by atoms with Crippen LogP contribution in [-0.2, 0) is 13.0 Å². The fourth-order valence-corrected chi connectivity index (χ4v) is 4.96. The Labute approximate surface area is 219 Å². The molecule has 1 aliphatic heterocycles. The quantitative estimate of drug-likeness (QED) is 0.318. The number of carbonyl (C=O) groups excluding carboxylic acids is 1. The number of anilines is 1. The first-order valence-corrected chi connectivity index (χ1v) is 12.7. The van der Waals surface area contributed by atoms with E-state index in [2.05, 4.69) is 32.2 Å².